The van der Waals surface area contributed by atoms with Crippen molar-refractivity contribution in [1.29, 1.82) is 0 Å². The van der Waals surface area contributed by atoms with Crippen LogP contribution in [0.3, 0.4) is 0 Å². The van der Waals surface area contributed by atoms with Gasteiger partial charge in [-0.2, -0.15) is 0 Å². The molecule has 8 amide bonds. The van der Waals surface area contributed by atoms with Gasteiger partial charge in [0.25, 0.3) is 0 Å². The van der Waals surface area contributed by atoms with E-state index in [1.54, 1.807) is 20.8 Å². The van der Waals surface area contributed by atoms with Crippen molar-refractivity contribution in [3.05, 3.63) is 18.2 Å². The molecule has 0 saturated heterocycles. The number of nitrogens with two attached hydrogens (primary N) is 5. The summed E-state index contributed by atoms with van der Waals surface area (Å²) in [6, 6.07) is -12.4. The zero-order chi connectivity index (χ0) is 54.0. The second-order valence-corrected chi connectivity index (χ2v) is 17.1. The van der Waals surface area contributed by atoms with Gasteiger partial charge >= 0.3 is 17.9 Å². The molecule has 0 unspecified atom stereocenters. The molecule has 0 fully saturated rings. The third-order valence-electron chi connectivity index (χ3n) is 10.9. The number of amides is 8. The second-order valence-electron chi connectivity index (χ2n) is 17.1. The standard InChI is InChI=1S/C42H71N15O14/c1-5-21(4)33(41(70)71)57-39(68)27(16-29(44)58)55-38(67)28(17-31(61)62)56-35(64)23(9-6-7-13-43)51-37(66)26(15-22-18-48-19-50-22)54-36(65)25(11-12-30(59)60)52-34(63)24(10-8-14-49-42(46)47)53-40(69)32(45)20(2)3/h18-21,23-28,32-33H,5-17,43,45H2,1-4H3,(H2,44,58)(H,48,50)(H,51,66)(H,52,63)(H,53,69)(H,54,65)(H,55,67)(H,56,64)(H,57,68)(H,59,60)(H,61,62)(H,70,71)(H4,46,47,49)/t21-,23-,24-,25-,26-,27-,28-,32-,33-/m0/s1. The molecule has 1 rings (SSSR count). The van der Waals surface area contributed by atoms with Crippen molar-refractivity contribution >= 4 is 71.1 Å². The number of primary amides is 1. The number of hydrogen-bond acceptors (Lipinski definition) is 15. The third kappa shape index (κ3) is 23.6. The summed E-state index contributed by atoms with van der Waals surface area (Å²) in [5.41, 5.74) is 28.0. The average Bonchev–Trinajstić information content (AvgIpc) is 3.81. The lowest BCUT2D eigenvalue weighted by Crippen LogP contribution is -2.61. The molecule has 0 saturated carbocycles. The molecule has 1 aromatic heterocycles. The fourth-order valence-corrected chi connectivity index (χ4v) is 6.56. The Labute approximate surface area is 409 Å². The van der Waals surface area contributed by atoms with E-state index in [0.29, 0.717) is 12.8 Å². The Bertz CT molecular complexity index is 2010. The molecule has 21 N–H and O–H groups in total. The van der Waals surface area contributed by atoms with E-state index < -0.39 is 145 Å². The summed E-state index contributed by atoms with van der Waals surface area (Å²) in [5, 5.41) is 45.5. The van der Waals surface area contributed by atoms with Crippen LogP contribution in [0.15, 0.2) is 17.5 Å². The zero-order valence-corrected chi connectivity index (χ0v) is 40.2. The SMILES string of the molecule is CC[C@H](C)[C@H](NC(=O)[C@H](CC(N)=O)NC(=O)[C@H](CC(=O)O)NC(=O)[C@H](CCCCN)NC(=O)[C@H](Cc1cnc[nH]1)NC(=O)[C@H](CCC(=O)O)NC(=O)[C@H](CCCN=C(N)N)NC(=O)[C@@H](N)C(C)C)C(=O)O. The van der Waals surface area contributed by atoms with Crippen molar-refractivity contribution in [3.63, 3.8) is 0 Å². The van der Waals surface area contributed by atoms with Crippen LogP contribution in [0.5, 0.6) is 0 Å². The summed E-state index contributed by atoms with van der Waals surface area (Å²) < 4.78 is 0. The number of aromatic nitrogens is 2. The lowest BCUT2D eigenvalue weighted by molar-refractivity contribution is -0.144. The fraction of sp³-hybridized carbons (Fsp3) is 0.643. The van der Waals surface area contributed by atoms with Gasteiger partial charge in [-0.15, -0.1) is 0 Å². The predicted molar refractivity (Wildman–Crippen MR) is 251 cm³/mol. The van der Waals surface area contributed by atoms with Crippen molar-refractivity contribution in [1.82, 2.24) is 47.2 Å². The summed E-state index contributed by atoms with van der Waals surface area (Å²) in [4.78, 5) is 154. The Morgan fingerprint density at radius 3 is 1.58 bits per heavy atom. The van der Waals surface area contributed by atoms with Crippen molar-refractivity contribution in [2.24, 2.45) is 45.5 Å². The molecule has 0 aromatic carbocycles. The van der Waals surface area contributed by atoms with E-state index in [-0.39, 0.29) is 62.8 Å². The Balaban J connectivity index is 3.59. The molecule has 0 radical (unpaired) electrons. The van der Waals surface area contributed by atoms with E-state index >= 15 is 0 Å². The fourth-order valence-electron chi connectivity index (χ4n) is 6.56. The molecule has 1 heterocycles. The van der Waals surface area contributed by atoms with Crippen LogP contribution in [0, 0.1) is 11.8 Å². The zero-order valence-electron chi connectivity index (χ0n) is 40.2. The largest absolute Gasteiger partial charge is 0.481 e. The first-order chi connectivity index (χ1) is 33.3. The van der Waals surface area contributed by atoms with Gasteiger partial charge in [-0.25, -0.2) is 9.78 Å². The van der Waals surface area contributed by atoms with Crippen LogP contribution in [0.1, 0.15) is 97.6 Å². The minimum Gasteiger partial charge on any atom is -0.481 e. The van der Waals surface area contributed by atoms with Gasteiger partial charge < -0.3 is 86.2 Å². The number of guanidine groups is 1. The highest BCUT2D eigenvalue weighted by Gasteiger charge is 2.36. The van der Waals surface area contributed by atoms with E-state index in [2.05, 4.69) is 52.2 Å². The summed E-state index contributed by atoms with van der Waals surface area (Å²) in [6.07, 6.45) is -0.145. The summed E-state index contributed by atoms with van der Waals surface area (Å²) in [6.45, 7) is 6.73. The van der Waals surface area contributed by atoms with E-state index in [1.165, 1.54) is 19.4 Å². The van der Waals surface area contributed by atoms with Crippen LogP contribution in [0.4, 0.5) is 0 Å². The number of nitrogens with zero attached hydrogens (tertiary/aromatic N) is 2. The lowest BCUT2D eigenvalue weighted by Gasteiger charge is -2.28. The highest BCUT2D eigenvalue weighted by molar-refractivity contribution is 5.99. The second kappa shape index (κ2) is 31.6. The van der Waals surface area contributed by atoms with E-state index in [1.807, 2.05) is 0 Å². The molecule has 398 valence electrons. The first-order valence-corrected chi connectivity index (χ1v) is 22.9. The number of imidazole rings is 1. The maximum absolute atomic E-state index is 14.2. The molecule has 9 atom stereocenters. The van der Waals surface area contributed by atoms with Crippen LogP contribution in [0.2, 0.25) is 0 Å². The number of rotatable bonds is 35. The molecule has 0 aliphatic heterocycles. The number of carboxylic acids is 3. The predicted octanol–water partition coefficient (Wildman–Crippen LogP) is -5.14. The summed E-state index contributed by atoms with van der Waals surface area (Å²) >= 11 is 0. The Morgan fingerprint density at radius 1 is 0.634 bits per heavy atom. The van der Waals surface area contributed by atoms with Gasteiger partial charge in [0.15, 0.2) is 5.96 Å². The van der Waals surface area contributed by atoms with Gasteiger partial charge in [0.05, 0.1) is 25.2 Å². The van der Waals surface area contributed by atoms with Crippen molar-refractivity contribution < 1.29 is 68.1 Å². The molecule has 0 spiro atoms. The normalized spacial score (nSPS) is 14.8. The van der Waals surface area contributed by atoms with Gasteiger partial charge in [-0.1, -0.05) is 34.1 Å². The highest BCUT2D eigenvalue weighted by atomic mass is 16.4. The topological polar surface area (TPSA) is 504 Å². The Morgan fingerprint density at radius 2 is 1.11 bits per heavy atom. The Hall–Kier alpha value is -7.43. The number of H-pyrrole nitrogens is 1. The van der Waals surface area contributed by atoms with Gasteiger partial charge in [0, 0.05) is 31.3 Å². The van der Waals surface area contributed by atoms with Gasteiger partial charge in [-0.05, 0) is 56.9 Å². The monoisotopic (exact) mass is 1010 g/mol. The van der Waals surface area contributed by atoms with Crippen LogP contribution >= 0.6 is 0 Å². The van der Waals surface area contributed by atoms with Crippen LogP contribution < -0.4 is 65.9 Å². The Kier molecular flexibility index (Phi) is 27.5. The number of unbranched alkanes of at least 4 members (excludes halogenated alkanes) is 1. The van der Waals surface area contributed by atoms with Gasteiger partial charge in [-0.3, -0.25) is 52.9 Å². The average molecular weight is 1010 g/mol. The first kappa shape index (κ1) is 61.6. The number of aliphatic carboxylic acids is 3. The molecule has 0 bridgehead atoms. The summed E-state index contributed by atoms with van der Waals surface area (Å²) in [7, 11) is 0. The molecule has 29 nitrogen and oxygen atoms in total. The molecule has 0 aliphatic carbocycles. The van der Waals surface area contributed by atoms with Gasteiger partial charge in [0.1, 0.15) is 42.3 Å². The van der Waals surface area contributed by atoms with Crippen LogP contribution in [-0.2, 0) is 59.2 Å². The maximum atomic E-state index is 14.2. The van der Waals surface area contributed by atoms with E-state index in [0.717, 1.165) is 0 Å². The summed E-state index contributed by atoms with van der Waals surface area (Å²) in [5.74, 6) is -14.0. The minimum atomic E-state index is -1.97. The van der Waals surface area contributed by atoms with Gasteiger partial charge in [0.2, 0.25) is 47.3 Å². The smallest absolute Gasteiger partial charge is 0.326 e. The third-order valence-corrected chi connectivity index (χ3v) is 10.9. The molecule has 0 aliphatic rings. The molecule has 71 heavy (non-hydrogen) atoms. The molecule has 1 aromatic rings. The quantitative estimate of drug-likeness (QED) is 0.0172. The van der Waals surface area contributed by atoms with Crippen molar-refractivity contribution in [2.75, 3.05) is 13.1 Å². The van der Waals surface area contributed by atoms with Crippen molar-refractivity contribution in [3.8, 4) is 0 Å². The number of aromatic amines is 1. The first-order valence-electron chi connectivity index (χ1n) is 22.9. The van der Waals surface area contributed by atoms with Crippen LogP contribution in [0.25, 0.3) is 0 Å². The van der Waals surface area contributed by atoms with Crippen LogP contribution in [-0.4, -0.2) is 158 Å². The number of carbonyl (C=O) groups excluding carboxylic acids is 8. The molecular formula is C42H71N15O14. The molecule has 29 heteroatoms. The van der Waals surface area contributed by atoms with E-state index in [9.17, 15) is 68.1 Å². The number of aliphatic imine (C=N–C) groups is 1. The minimum absolute atomic E-state index is 0.0511. The van der Waals surface area contributed by atoms with Crippen molar-refractivity contribution in [2.45, 2.75) is 147 Å². The number of carbonyl (C=O) groups is 11. The number of nitrogens with one attached hydrogen (secondary N) is 8. The molecular weight excluding hydrogens is 939 g/mol. The maximum Gasteiger partial charge on any atom is 0.326 e. The van der Waals surface area contributed by atoms with E-state index in [4.69, 9.17) is 28.7 Å². The number of hydrogen-bond donors (Lipinski definition) is 16. The highest BCUT2D eigenvalue weighted by Crippen LogP contribution is 2.11. The number of carboxylic acid groups (broad SMARTS) is 3. The lowest BCUT2D eigenvalue weighted by atomic mass is 9.98.